The number of hydrogen-bond acceptors (Lipinski definition) is 5. The number of anilines is 1. The van der Waals surface area contributed by atoms with E-state index in [9.17, 15) is 13.2 Å². The van der Waals surface area contributed by atoms with E-state index in [1.807, 2.05) is 13.0 Å². The van der Waals surface area contributed by atoms with Crippen molar-refractivity contribution >= 4 is 21.6 Å². The maximum absolute atomic E-state index is 12.7. The predicted molar refractivity (Wildman–Crippen MR) is 119 cm³/mol. The van der Waals surface area contributed by atoms with Crippen molar-refractivity contribution in [1.82, 2.24) is 15.1 Å². The lowest BCUT2D eigenvalue weighted by Gasteiger charge is -2.32. The van der Waals surface area contributed by atoms with Gasteiger partial charge in [0.2, 0.25) is 0 Å². The second-order valence-electron chi connectivity index (χ2n) is 7.76. The number of nitrogens with zero attached hydrogens (tertiary/aromatic N) is 2. The minimum Gasteiger partial charge on any atom is -0.352 e. The zero-order valence-corrected chi connectivity index (χ0v) is 18.4. The molecule has 0 bridgehead atoms. The lowest BCUT2D eigenvalue weighted by Crippen LogP contribution is -2.45. The number of aryl methyl sites for hydroxylation is 1. The van der Waals surface area contributed by atoms with Crippen molar-refractivity contribution in [2.45, 2.75) is 18.2 Å². The summed E-state index contributed by atoms with van der Waals surface area (Å²) >= 11 is 0. The fourth-order valence-electron chi connectivity index (χ4n) is 3.41. The Balaban J connectivity index is 1.54. The number of amides is 1. The van der Waals surface area contributed by atoms with Crippen molar-refractivity contribution in [1.29, 1.82) is 0 Å². The second-order valence-corrected chi connectivity index (χ2v) is 9.44. The maximum Gasteiger partial charge on any atom is 0.261 e. The summed E-state index contributed by atoms with van der Waals surface area (Å²) in [5, 5.41) is 2.89. The van der Waals surface area contributed by atoms with Gasteiger partial charge in [-0.25, -0.2) is 8.42 Å². The van der Waals surface area contributed by atoms with Crippen molar-refractivity contribution in [2.75, 3.05) is 51.0 Å². The average Bonchev–Trinajstić information content (AvgIpc) is 2.72. The number of carbonyl (C=O) groups excluding carboxylic acids is 1. The molecule has 2 aromatic rings. The largest absolute Gasteiger partial charge is 0.352 e. The van der Waals surface area contributed by atoms with Crippen LogP contribution in [0.5, 0.6) is 0 Å². The summed E-state index contributed by atoms with van der Waals surface area (Å²) in [6, 6.07) is 13.3. The highest BCUT2D eigenvalue weighted by Gasteiger charge is 2.17. The highest BCUT2D eigenvalue weighted by molar-refractivity contribution is 7.92. The first-order chi connectivity index (χ1) is 14.3. The molecular weight excluding hydrogens is 400 g/mol. The van der Waals surface area contributed by atoms with E-state index in [-0.39, 0.29) is 10.8 Å². The summed E-state index contributed by atoms with van der Waals surface area (Å²) in [7, 11) is -1.64. The topological polar surface area (TPSA) is 81.7 Å². The maximum atomic E-state index is 12.7. The molecule has 0 aromatic heterocycles. The summed E-state index contributed by atoms with van der Waals surface area (Å²) in [6.07, 6.45) is 0.863. The number of sulfonamides is 1. The lowest BCUT2D eigenvalue weighted by atomic mass is 10.2. The zero-order chi connectivity index (χ0) is 21.6. The van der Waals surface area contributed by atoms with Gasteiger partial charge in [-0.2, -0.15) is 0 Å². The lowest BCUT2D eigenvalue weighted by molar-refractivity contribution is 0.0949. The van der Waals surface area contributed by atoms with Crippen LogP contribution < -0.4 is 10.0 Å². The van der Waals surface area contributed by atoms with Gasteiger partial charge in [-0.1, -0.05) is 18.2 Å². The van der Waals surface area contributed by atoms with Crippen molar-refractivity contribution in [2.24, 2.45) is 0 Å². The van der Waals surface area contributed by atoms with E-state index in [0.29, 0.717) is 17.8 Å². The number of carbonyl (C=O) groups is 1. The number of hydrogen-bond donors (Lipinski definition) is 2. The Hall–Kier alpha value is -2.42. The number of likely N-dealkylation sites (N-methyl/N-ethyl adjacent to an activating group) is 1. The molecule has 1 aliphatic heterocycles. The molecular formula is C22H30N4O3S. The van der Waals surface area contributed by atoms with Gasteiger partial charge in [-0.15, -0.1) is 0 Å². The van der Waals surface area contributed by atoms with Crippen LogP contribution in [0, 0.1) is 6.92 Å². The number of nitrogens with one attached hydrogen (secondary N) is 2. The third-order valence-corrected chi connectivity index (χ3v) is 6.59. The van der Waals surface area contributed by atoms with E-state index in [2.05, 4.69) is 26.9 Å². The molecule has 1 heterocycles. The molecule has 2 N–H and O–H groups in total. The Morgan fingerprint density at radius 1 is 1.03 bits per heavy atom. The quantitative estimate of drug-likeness (QED) is 0.628. The number of rotatable bonds is 8. The first-order valence-electron chi connectivity index (χ1n) is 10.2. The van der Waals surface area contributed by atoms with Gasteiger partial charge in [0.1, 0.15) is 0 Å². The van der Waals surface area contributed by atoms with Crippen LogP contribution in [0.15, 0.2) is 53.4 Å². The van der Waals surface area contributed by atoms with E-state index in [0.717, 1.165) is 44.7 Å². The summed E-state index contributed by atoms with van der Waals surface area (Å²) in [5.74, 6) is -0.263. The van der Waals surface area contributed by atoms with Crippen LogP contribution in [-0.4, -0.2) is 70.4 Å². The Morgan fingerprint density at radius 3 is 2.50 bits per heavy atom. The molecule has 0 unspecified atom stereocenters. The molecule has 7 nitrogen and oxygen atoms in total. The molecule has 162 valence electrons. The van der Waals surface area contributed by atoms with E-state index < -0.39 is 10.0 Å². The van der Waals surface area contributed by atoms with Gasteiger partial charge in [0.25, 0.3) is 15.9 Å². The summed E-state index contributed by atoms with van der Waals surface area (Å²) < 4.78 is 28.0. The molecule has 0 saturated carbocycles. The molecule has 8 heteroatoms. The minimum absolute atomic E-state index is 0.0640. The Bertz CT molecular complexity index is 970. The fourth-order valence-corrected chi connectivity index (χ4v) is 4.50. The standard InChI is InChI=1S/C22H30N4O3S/c1-18-6-3-8-20(16-18)24-30(28,29)21-9-4-7-19(17-21)22(27)23-10-5-11-26-14-12-25(2)13-15-26/h3-4,6-9,16-17,24H,5,10-15H2,1-2H3,(H,23,27). The monoisotopic (exact) mass is 430 g/mol. The third-order valence-electron chi connectivity index (χ3n) is 5.21. The van der Waals surface area contributed by atoms with Crippen LogP contribution in [0.1, 0.15) is 22.3 Å². The van der Waals surface area contributed by atoms with Crippen molar-refractivity contribution in [3.63, 3.8) is 0 Å². The van der Waals surface area contributed by atoms with Crippen LogP contribution >= 0.6 is 0 Å². The normalized spacial score (nSPS) is 15.7. The molecule has 1 aliphatic rings. The molecule has 1 saturated heterocycles. The van der Waals surface area contributed by atoms with Crippen LogP contribution in [0.2, 0.25) is 0 Å². The molecule has 0 atom stereocenters. The second kappa shape index (κ2) is 10.1. The van der Waals surface area contributed by atoms with Gasteiger partial charge >= 0.3 is 0 Å². The predicted octanol–water partition coefficient (Wildman–Crippen LogP) is 2.16. The first-order valence-corrected chi connectivity index (χ1v) is 11.7. The van der Waals surface area contributed by atoms with E-state index in [4.69, 9.17) is 0 Å². The molecule has 0 spiro atoms. The average molecular weight is 431 g/mol. The zero-order valence-electron chi connectivity index (χ0n) is 17.6. The SMILES string of the molecule is Cc1cccc(NS(=O)(=O)c2cccc(C(=O)NCCCN3CCN(C)CC3)c2)c1. The van der Waals surface area contributed by atoms with Crippen molar-refractivity contribution < 1.29 is 13.2 Å². The summed E-state index contributed by atoms with van der Waals surface area (Å²) in [6.45, 7) is 7.66. The fraction of sp³-hybridized carbons (Fsp3) is 0.409. The van der Waals surface area contributed by atoms with Crippen molar-refractivity contribution in [3.8, 4) is 0 Å². The van der Waals surface area contributed by atoms with Crippen LogP contribution in [0.4, 0.5) is 5.69 Å². The van der Waals surface area contributed by atoms with E-state index >= 15 is 0 Å². The van der Waals surface area contributed by atoms with Crippen LogP contribution in [0.3, 0.4) is 0 Å². The van der Waals surface area contributed by atoms with E-state index in [1.165, 1.54) is 12.1 Å². The third kappa shape index (κ3) is 6.29. The molecule has 30 heavy (non-hydrogen) atoms. The van der Waals surface area contributed by atoms with Gasteiger partial charge < -0.3 is 15.1 Å². The minimum atomic E-state index is -3.77. The number of piperazine rings is 1. The van der Waals surface area contributed by atoms with Gasteiger partial charge in [-0.05, 0) is 62.8 Å². The van der Waals surface area contributed by atoms with Gasteiger partial charge in [0.05, 0.1) is 4.90 Å². The highest BCUT2D eigenvalue weighted by atomic mass is 32.2. The Morgan fingerprint density at radius 2 is 1.77 bits per heavy atom. The van der Waals surface area contributed by atoms with Crippen LogP contribution in [0.25, 0.3) is 0 Å². The Kier molecular flexibility index (Phi) is 7.47. The smallest absolute Gasteiger partial charge is 0.261 e. The highest BCUT2D eigenvalue weighted by Crippen LogP contribution is 2.18. The molecule has 1 amide bonds. The Labute approximate surface area is 179 Å². The van der Waals surface area contributed by atoms with Gasteiger partial charge in [0.15, 0.2) is 0 Å². The van der Waals surface area contributed by atoms with Crippen LogP contribution in [-0.2, 0) is 10.0 Å². The van der Waals surface area contributed by atoms with Crippen molar-refractivity contribution in [3.05, 3.63) is 59.7 Å². The first kappa shape index (κ1) is 22.3. The molecule has 0 radical (unpaired) electrons. The van der Waals surface area contributed by atoms with E-state index in [1.54, 1.807) is 30.3 Å². The molecule has 0 aliphatic carbocycles. The van der Waals surface area contributed by atoms with Gasteiger partial charge in [-0.3, -0.25) is 9.52 Å². The molecule has 2 aromatic carbocycles. The van der Waals surface area contributed by atoms with Gasteiger partial charge in [0, 0.05) is 44.0 Å². The molecule has 1 fully saturated rings. The molecule has 3 rings (SSSR count). The number of benzene rings is 2. The summed E-state index contributed by atoms with van der Waals surface area (Å²) in [5.41, 5.74) is 1.79. The summed E-state index contributed by atoms with van der Waals surface area (Å²) in [4.78, 5) is 17.3.